The molecule has 0 saturated carbocycles. The molecule has 1 aliphatic rings. The molecule has 0 aliphatic carbocycles. The minimum atomic E-state index is -0.698. The maximum Gasteiger partial charge on any atom is 0.0814 e. The molecule has 1 atom stereocenters. The van der Waals surface area contributed by atoms with Gasteiger partial charge in [0, 0.05) is 5.71 Å². The number of aliphatic hydroxyl groups is 1. The lowest BCUT2D eigenvalue weighted by molar-refractivity contribution is 0.0535. The van der Waals surface area contributed by atoms with Crippen LogP contribution >= 0.6 is 0 Å². The highest BCUT2D eigenvalue weighted by atomic mass is 16.3. The van der Waals surface area contributed by atoms with E-state index in [1.165, 1.54) is 5.56 Å². The summed E-state index contributed by atoms with van der Waals surface area (Å²) in [5, 5.41) is 9.88. The van der Waals surface area contributed by atoms with Crippen LogP contribution in [0.2, 0.25) is 0 Å². The zero-order chi connectivity index (χ0) is 10.9. The van der Waals surface area contributed by atoms with Crippen molar-refractivity contribution in [2.45, 2.75) is 38.3 Å². The summed E-state index contributed by atoms with van der Waals surface area (Å²) in [6.07, 6.45) is 1.92. The molecule has 2 heteroatoms. The van der Waals surface area contributed by atoms with E-state index >= 15 is 0 Å². The Kier molecular flexibility index (Phi) is 2.61. The van der Waals surface area contributed by atoms with Gasteiger partial charge in [0.25, 0.3) is 0 Å². The van der Waals surface area contributed by atoms with Gasteiger partial charge in [-0.15, -0.1) is 0 Å². The Bertz CT molecular complexity index is 362. The second-order valence-electron chi connectivity index (χ2n) is 4.65. The van der Waals surface area contributed by atoms with Crippen molar-refractivity contribution in [3.63, 3.8) is 0 Å². The highest BCUT2D eigenvalue weighted by Crippen LogP contribution is 2.26. The fraction of sp³-hybridized carbons (Fsp3) is 0.462. The lowest BCUT2D eigenvalue weighted by Crippen LogP contribution is -2.32. The quantitative estimate of drug-likeness (QED) is 0.786. The van der Waals surface area contributed by atoms with Crippen LogP contribution in [0.4, 0.5) is 0 Å². The summed E-state index contributed by atoms with van der Waals surface area (Å²) < 4.78 is 0. The average Bonchev–Trinajstić information content (AvgIpc) is 2.67. The van der Waals surface area contributed by atoms with Crippen LogP contribution in [0, 0.1) is 0 Å². The summed E-state index contributed by atoms with van der Waals surface area (Å²) in [5.74, 6) is 0. The molecule has 1 aliphatic heterocycles. The second-order valence-corrected chi connectivity index (χ2v) is 4.65. The van der Waals surface area contributed by atoms with E-state index < -0.39 is 5.60 Å². The molecule has 0 fully saturated rings. The molecule has 0 radical (unpaired) electrons. The van der Waals surface area contributed by atoms with Crippen molar-refractivity contribution in [1.29, 1.82) is 0 Å². The first kappa shape index (κ1) is 10.4. The number of aliphatic imine (C=N–C) groups is 1. The van der Waals surface area contributed by atoms with Gasteiger partial charge in [-0.05, 0) is 32.3 Å². The van der Waals surface area contributed by atoms with Crippen molar-refractivity contribution < 1.29 is 5.11 Å². The van der Waals surface area contributed by atoms with Gasteiger partial charge in [0.15, 0.2) is 0 Å². The van der Waals surface area contributed by atoms with Gasteiger partial charge < -0.3 is 5.11 Å². The molecule has 80 valence electrons. The van der Waals surface area contributed by atoms with Crippen molar-refractivity contribution in [3.8, 4) is 0 Å². The summed E-state index contributed by atoms with van der Waals surface area (Å²) in [6, 6.07) is 10.3. The monoisotopic (exact) mass is 203 g/mol. The van der Waals surface area contributed by atoms with E-state index in [0.717, 1.165) is 18.6 Å². The van der Waals surface area contributed by atoms with Crippen LogP contribution in [0.3, 0.4) is 0 Å². The SMILES string of the molecule is CC(C)(O)[C@H]1CCC(c2ccccc2)=N1. The predicted molar refractivity (Wildman–Crippen MR) is 62.3 cm³/mol. The first-order valence-electron chi connectivity index (χ1n) is 5.42. The van der Waals surface area contributed by atoms with E-state index in [2.05, 4.69) is 17.1 Å². The largest absolute Gasteiger partial charge is 0.388 e. The van der Waals surface area contributed by atoms with E-state index in [0.29, 0.717) is 0 Å². The van der Waals surface area contributed by atoms with Gasteiger partial charge in [-0.2, -0.15) is 0 Å². The van der Waals surface area contributed by atoms with Gasteiger partial charge >= 0.3 is 0 Å². The summed E-state index contributed by atoms with van der Waals surface area (Å²) >= 11 is 0. The lowest BCUT2D eigenvalue weighted by atomic mass is 9.97. The Balaban J connectivity index is 2.21. The fourth-order valence-electron chi connectivity index (χ4n) is 1.95. The molecule has 2 nitrogen and oxygen atoms in total. The number of benzene rings is 1. The smallest absolute Gasteiger partial charge is 0.0814 e. The minimum absolute atomic E-state index is 0.0488. The standard InChI is InChI=1S/C13H17NO/c1-13(2,15)12-9-8-11(14-12)10-6-4-3-5-7-10/h3-7,12,15H,8-9H2,1-2H3/t12-/m1/s1. The third-order valence-electron chi connectivity index (χ3n) is 2.89. The predicted octanol–water partition coefficient (Wildman–Crippen LogP) is 2.41. The fourth-order valence-corrected chi connectivity index (χ4v) is 1.95. The minimum Gasteiger partial charge on any atom is -0.388 e. The van der Waals surface area contributed by atoms with Crippen LogP contribution in [0.15, 0.2) is 35.3 Å². The first-order valence-corrected chi connectivity index (χ1v) is 5.42. The van der Waals surface area contributed by atoms with E-state index in [9.17, 15) is 5.11 Å². The molecule has 0 spiro atoms. The van der Waals surface area contributed by atoms with Crippen LogP contribution in [0.5, 0.6) is 0 Å². The molecule has 1 aromatic carbocycles. The zero-order valence-corrected chi connectivity index (χ0v) is 9.27. The molecule has 0 aromatic heterocycles. The van der Waals surface area contributed by atoms with Crippen LogP contribution < -0.4 is 0 Å². The normalized spacial score (nSPS) is 21.5. The van der Waals surface area contributed by atoms with Crippen LogP contribution in [0.25, 0.3) is 0 Å². The third-order valence-corrected chi connectivity index (χ3v) is 2.89. The number of hydrogen-bond acceptors (Lipinski definition) is 2. The van der Waals surface area contributed by atoms with E-state index in [-0.39, 0.29) is 6.04 Å². The maximum atomic E-state index is 9.88. The van der Waals surface area contributed by atoms with E-state index in [4.69, 9.17) is 0 Å². The Hall–Kier alpha value is -1.15. The second kappa shape index (κ2) is 3.78. The van der Waals surface area contributed by atoms with Gasteiger partial charge in [-0.1, -0.05) is 30.3 Å². The number of hydrogen-bond donors (Lipinski definition) is 1. The van der Waals surface area contributed by atoms with Gasteiger partial charge in [0.2, 0.25) is 0 Å². The molecular weight excluding hydrogens is 186 g/mol. The molecule has 0 unspecified atom stereocenters. The Morgan fingerprint density at radius 1 is 1.27 bits per heavy atom. The lowest BCUT2D eigenvalue weighted by Gasteiger charge is -2.22. The van der Waals surface area contributed by atoms with Gasteiger partial charge in [0.1, 0.15) is 0 Å². The third kappa shape index (κ3) is 2.26. The summed E-state index contributed by atoms with van der Waals surface area (Å²) in [6.45, 7) is 3.66. The van der Waals surface area contributed by atoms with Gasteiger partial charge in [-0.25, -0.2) is 0 Å². The molecule has 15 heavy (non-hydrogen) atoms. The Labute approximate surface area is 90.7 Å². The molecule has 1 heterocycles. The average molecular weight is 203 g/mol. The maximum absolute atomic E-state index is 9.88. The van der Waals surface area contributed by atoms with Crippen LogP contribution in [-0.4, -0.2) is 22.5 Å². The summed E-state index contributed by atoms with van der Waals surface area (Å²) in [4.78, 5) is 4.60. The number of nitrogens with zero attached hydrogens (tertiary/aromatic N) is 1. The Morgan fingerprint density at radius 2 is 1.93 bits per heavy atom. The zero-order valence-electron chi connectivity index (χ0n) is 9.27. The van der Waals surface area contributed by atoms with Crippen LogP contribution in [-0.2, 0) is 0 Å². The molecule has 0 saturated heterocycles. The molecular formula is C13H17NO. The first-order chi connectivity index (χ1) is 7.07. The Morgan fingerprint density at radius 3 is 2.47 bits per heavy atom. The van der Waals surface area contributed by atoms with Gasteiger partial charge in [0.05, 0.1) is 11.6 Å². The highest BCUT2D eigenvalue weighted by Gasteiger charge is 2.30. The van der Waals surface area contributed by atoms with E-state index in [1.807, 2.05) is 32.0 Å². The van der Waals surface area contributed by atoms with Crippen molar-refractivity contribution in [3.05, 3.63) is 35.9 Å². The van der Waals surface area contributed by atoms with Gasteiger partial charge in [-0.3, -0.25) is 4.99 Å². The molecule has 1 N–H and O–H groups in total. The molecule has 0 amide bonds. The van der Waals surface area contributed by atoms with Crippen molar-refractivity contribution in [2.24, 2.45) is 4.99 Å². The van der Waals surface area contributed by atoms with Crippen LogP contribution in [0.1, 0.15) is 32.3 Å². The molecule has 0 bridgehead atoms. The summed E-state index contributed by atoms with van der Waals surface area (Å²) in [7, 11) is 0. The number of rotatable bonds is 2. The molecule has 1 aromatic rings. The highest BCUT2D eigenvalue weighted by molar-refractivity contribution is 6.01. The topological polar surface area (TPSA) is 32.6 Å². The van der Waals surface area contributed by atoms with Crippen molar-refractivity contribution in [1.82, 2.24) is 0 Å². The van der Waals surface area contributed by atoms with E-state index in [1.54, 1.807) is 0 Å². The molecule has 2 rings (SSSR count). The van der Waals surface area contributed by atoms with Crippen molar-refractivity contribution in [2.75, 3.05) is 0 Å². The van der Waals surface area contributed by atoms with Crippen molar-refractivity contribution >= 4 is 5.71 Å². The summed E-state index contributed by atoms with van der Waals surface area (Å²) in [5.41, 5.74) is 1.61.